The van der Waals surface area contributed by atoms with E-state index in [0.717, 1.165) is 50.5 Å². The fraction of sp³-hybridized carbons (Fsp3) is 0.839. The van der Waals surface area contributed by atoms with Crippen LogP contribution in [0.2, 0.25) is 0 Å². The van der Waals surface area contributed by atoms with Crippen LogP contribution < -0.4 is 0 Å². The quantitative estimate of drug-likeness (QED) is 0.138. The van der Waals surface area contributed by atoms with Crippen LogP contribution in [0.5, 0.6) is 0 Å². The van der Waals surface area contributed by atoms with E-state index >= 15 is 0 Å². The summed E-state index contributed by atoms with van der Waals surface area (Å²) in [7, 11) is -3.60. The normalized spacial score (nSPS) is 45.3. The molecule has 0 radical (unpaired) electrons. The van der Waals surface area contributed by atoms with Crippen LogP contribution in [0.4, 0.5) is 13.2 Å². The molecule has 5 nitrogen and oxygen atoms in total. The average Bonchev–Trinajstić information content (AvgIpc) is 3.25. The minimum Gasteiger partial charge on any atom is -0.451 e. The van der Waals surface area contributed by atoms with E-state index in [9.17, 15) is 26.4 Å². The van der Waals surface area contributed by atoms with Gasteiger partial charge in [0.15, 0.2) is 0 Å². The summed E-state index contributed by atoms with van der Waals surface area (Å²) >= 11 is 0. The topological polar surface area (TPSA) is 69.7 Å². The zero-order chi connectivity index (χ0) is 30.6. The fourth-order valence-electron chi connectivity index (χ4n) is 11.5. The number of rotatable bonds is 4. The molecule has 0 aromatic heterocycles. The highest BCUT2D eigenvalue weighted by molar-refractivity contribution is 7.87. The first kappa shape index (κ1) is 31.3. The van der Waals surface area contributed by atoms with E-state index in [0.29, 0.717) is 30.1 Å². The number of hydrogen-bond acceptors (Lipinski definition) is 5. The summed E-state index contributed by atoms with van der Waals surface area (Å²) in [5.74, 6) is 1.44. The number of carbonyl (C=O) groups excluding carboxylic acids is 1. The van der Waals surface area contributed by atoms with E-state index in [1.54, 1.807) is 6.08 Å². The van der Waals surface area contributed by atoms with Gasteiger partial charge in [-0.25, -0.2) is 0 Å². The number of allylic oxidation sites excluding steroid dienone is 3. The third-order valence-corrected chi connectivity index (χ3v) is 14.6. The molecule has 0 heterocycles. The lowest BCUT2D eigenvalue weighted by Crippen LogP contribution is -2.64. The molecule has 5 aliphatic rings. The van der Waals surface area contributed by atoms with E-state index in [4.69, 9.17) is 8.71 Å². The molecular weight excluding hydrogens is 572 g/mol. The van der Waals surface area contributed by atoms with Crippen LogP contribution >= 0.6 is 9.47 Å². The first-order chi connectivity index (χ1) is 18.8. The lowest BCUT2D eigenvalue weighted by Gasteiger charge is -2.71. The van der Waals surface area contributed by atoms with Crippen molar-refractivity contribution in [2.45, 2.75) is 98.4 Å². The minimum atomic E-state index is -5.73. The van der Waals surface area contributed by atoms with Crippen molar-refractivity contribution in [3.05, 3.63) is 24.0 Å². The van der Waals surface area contributed by atoms with Crippen molar-refractivity contribution in [2.24, 2.45) is 63.1 Å². The molecule has 0 bridgehead atoms. The van der Waals surface area contributed by atoms with Gasteiger partial charge in [0.2, 0.25) is 0 Å². The Balaban J connectivity index is 1.49. The third-order valence-electron chi connectivity index (χ3n) is 13.4. The Bertz CT molecular complexity index is 1260. The molecule has 0 aliphatic heterocycles. The van der Waals surface area contributed by atoms with Crippen molar-refractivity contribution < 1.29 is 35.1 Å². The molecule has 0 aromatic rings. The maximum absolute atomic E-state index is 13.2. The summed E-state index contributed by atoms with van der Waals surface area (Å²) in [4.78, 5) is 12.8. The second kappa shape index (κ2) is 9.71. The molecule has 0 spiro atoms. The van der Waals surface area contributed by atoms with Crippen LogP contribution in [0, 0.1) is 63.1 Å². The smallest absolute Gasteiger partial charge is 0.451 e. The highest BCUT2D eigenvalue weighted by Gasteiger charge is 2.70. The Morgan fingerprint density at radius 1 is 1.00 bits per heavy atom. The highest BCUT2D eigenvalue weighted by atomic mass is 32.2. The van der Waals surface area contributed by atoms with Crippen LogP contribution in [0.3, 0.4) is 0 Å². The molecule has 0 amide bonds. The van der Waals surface area contributed by atoms with Gasteiger partial charge in [-0.15, -0.1) is 0 Å². The number of hydrogen-bond donors (Lipinski definition) is 0. The Morgan fingerprint density at radius 3 is 2.22 bits per heavy atom. The van der Waals surface area contributed by atoms with Gasteiger partial charge < -0.3 is 8.71 Å². The van der Waals surface area contributed by atoms with Gasteiger partial charge in [0, 0.05) is 5.41 Å². The Morgan fingerprint density at radius 2 is 1.63 bits per heavy atom. The molecule has 11 atom stereocenters. The zero-order valence-corrected chi connectivity index (χ0v) is 27.1. The molecule has 4 saturated carbocycles. The zero-order valence-electron chi connectivity index (χ0n) is 25.1. The van der Waals surface area contributed by atoms with E-state index in [1.807, 2.05) is 13.8 Å². The molecule has 41 heavy (non-hydrogen) atoms. The van der Waals surface area contributed by atoms with Crippen molar-refractivity contribution in [1.29, 1.82) is 0 Å². The van der Waals surface area contributed by atoms with Crippen LogP contribution in [0.15, 0.2) is 24.0 Å². The number of fused-ring (bicyclic) bond motifs is 7. The van der Waals surface area contributed by atoms with E-state index in [2.05, 4.69) is 43.7 Å². The third kappa shape index (κ3) is 4.31. The largest absolute Gasteiger partial charge is 0.534 e. The summed E-state index contributed by atoms with van der Waals surface area (Å²) in [6, 6.07) is 0. The number of halogens is 3. The molecule has 232 valence electrons. The van der Waals surface area contributed by atoms with Crippen molar-refractivity contribution in [3.63, 3.8) is 0 Å². The standard InChI is InChI=1S/C31H46F3O5PS/c1-17(2)19-16-20(26(35)38-40)18-10-14-29(6)21(25(18)19)8-9-23-28(5)13-12-24(39-41(36,37)31(32,33)34)27(3,4)22(28)11-15-30(23,29)7/h12,18-23,25H,1,8-11,13-16,40H2,2-7H3/t18?,19-,20+,21+,22-,23+,25+,28-,29+,30+/m0/s1. The Kier molecular flexibility index (Phi) is 7.42. The molecule has 4 fully saturated rings. The summed E-state index contributed by atoms with van der Waals surface area (Å²) in [5.41, 5.74) is -5.33. The summed E-state index contributed by atoms with van der Waals surface area (Å²) in [6.45, 7) is 17.3. The van der Waals surface area contributed by atoms with Crippen molar-refractivity contribution in [2.75, 3.05) is 0 Å². The molecular formula is C31H46F3O5PS. The molecule has 0 aromatic carbocycles. The number of alkyl halides is 3. The van der Waals surface area contributed by atoms with Gasteiger partial charge in [0.1, 0.15) is 5.76 Å². The van der Waals surface area contributed by atoms with Gasteiger partial charge >= 0.3 is 21.6 Å². The highest BCUT2D eigenvalue weighted by Crippen LogP contribution is 2.76. The summed E-state index contributed by atoms with van der Waals surface area (Å²) in [5, 5.41) is 0. The van der Waals surface area contributed by atoms with Gasteiger partial charge in [0.25, 0.3) is 0 Å². The number of carbonyl (C=O) groups is 1. The van der Waals surface area contributed by atoms with Gasteiger partial charge in [-0.1, -0.05) is 46.8 Å². The Hall–Kier alpha value is -1.08. The average molecular weight is 619 g/mol. The maximum Gasteiger partial charge on any atom is 0.534 e. The van der Waals surface area contributed by atoms with Gasteiger partial charge in [-0.2, -0.15) is 21.6 Å². The lowest BCUT2D eigenvalue weighted by atomic mass is 9.33. The lowest BCUT2D eigenvalue weighted by molar-refractivity contribution is -0.220. The van der Waals surface area contributed by atoms with Crippen molar-refractivity contribution in [1.82, 2.24) is 0 Å². The molecule has 5 aliphatic carbocycles. The molecule has 10 heteroatoms. The SMILES string of the molecule is C=C(C)[C@@H]1C[C@@H](C(=O)OP)C2CC[C@]3(C)[C@H](CC[C@@H]4[C@@]5(C)CC=C(OS(=O)(=O)C(F)(F)F)C(C)(C)[C@@H]5CC[C@]43C)[C@H]21. The van der Waals surface area contributed by atoms with Crippen molar-refractivity contribution in [3.8, 4) is 0 Å². The monoisotopic (exact) mass is 618 g/mol. The predicted octanol–water partition coefficient (Wildman–Crippen LogP) is 8.19. The van der Waals surface area contributed by atoms with Gasteiger partial charge in [0.05, 0.1) is 15.4 Å². The van der Waals surface area contributed by atoms with E-state index < -0.39 is 21.0 Å². The van der Waals surface area contributed by atoms with Gasteiger partial charge in [-0.05, 0) is 116 Å². The first-order valence-electron chi connectivity index (χ1n) is 15.0. The van der Waals surface area contributed by atoms with Gasteiger partial charge in [-0.3, -0.25) is 4.79 Å². The second-order valence-corrected chi connectivity index (χ2v) is 16.9. The first-order valence-corrected chi connectivity index (χ1v) is 16.9. The molecule has 5 rings (SSSR count). The fourth-order valence-corrected chi connectivity index (χ4v) is 12.2. The summed E-state index contributed by atoms with van der Waals surface area (Å²) in [6.07, 6.45) is 8.72. The molecule has 0 saturated heterocycles. The summed E-state index contributed by atoms with van der Waals surface area (Å²) < 4.78 is 73.5. The van der Waals surface area contributed by atoms with E-state index in [-0.39, 0.29) is 45.7 Å². The van der Waals surface area contributed by atoms with Crippen LogP contribution in [0.25, 0.3) is 0 Å². The predicted molar refractivity (Wildman–Crippen MR) is 154 cm³/mol. The molecule has 0 N–H and O–H groups in total. The van der Waals surface area contributed by atoms with Crippen LogP contribution in [-0.4, -0.2) is 19.9 Å². The minimum absolute atomic E-state index is 0.00525. The Labute approximate surface area is 245 Å². The second-order valence-electron chi connectivity index (χ2n) is 15.2. The van der Waals surface area contributed by atoms with E-state index in [1.165, 1.54) is 0 Å². The van der Waals surface area contributed by atoms with Crippen molar-refractivity contribution >= 4 is 25.6 Å². The maximum atomic E-state index is 13.2. The van der Waals surface area contributed by atoms with Crippen LogP contribution in [0.1, 0.15) is 92.9 Å². The molecule has 2 unspecified atom stereocenters. The van der Waals surface area contributed by atoms with Crippen LogP contribution in [-0.2, 0) is 23.6 Å².